The molecule has 1 saturated heterocycles. The standard InChI is InChI=1S/C17H32N4.HI/c1-2-21-9-3-4-16(21)12-20-17(18)19-8-7-15-11-13-5-6-14(15)10-13;/h13-16H,2-12H2,1H3,(H3,18,19,20);1H. The van der Waals surface area contributed by atoms with Crippen molar-refractivity contribution in [1.29, 1.82) is 0 Å². The lowest BCUT2D eigenvalue weighted by Crippen LogP contribution is -2.36. The van der Waals surface area contributed by atoms with Crippen molar-refractivity contribution in [2.45, 2.75) is 57.9 Å². The molecule has 0 aromatic heterocycles. The highest BCUT2D eigenvalue weighted by molar-refractivity contribution is 14.0. The number of likely N-dealkylation sites (N-methyl/N-ethyl adjacent to an activating group) is 1. The topological polar surface area (TPSA) is 53.6 Å². The number of halogens is 1. The quantitative estimate of drug-likeness (QED) is 0.395. The van der Waals surface area contributed by atoms with Crippen LogP contribution in [0.25, 0.3) is 0 Å². The molecule has 2 aliphatic carbocycles. The predicted octanol–water partition coefficient (Wildman–Crippen LogP) is 2.82. The lowest BCUT2D eigenvalue weighted by atomic mass is 9.86. The van der Waals surface area contributed by atoms with Crippen LogP contribution in [0.3, 0.4) is 0 Å². The van der Waals surface area contributed by atoms with Gasteiger partial charge in [0.05, 0.1) is 6.54 Å². The molecule has 3 fully saturated rings. The molecule has 128 valence electrons. The Morgan fingerprint density at radius 2 is 2.14 bits per heavy atom. The van der Waals surface area contributed by atoms with Crippen LogP contribution in [0, 0.1) is 17.8 Å². The van der Waals surface area contributed by atoms with Gasteiger partial charge < -0.3 is 11.1 Å². The summed E-state index contributed by atoms with van der Waals surface area (Å²) in [6.07, 6.45) is 9.81. The zero-order valence-electron chi connectivity index (χ0n) is 14.0. The molecule has 0 amide bonds. The average molecular weight is 420 g/mol. The summed E-state index contributed by atoms with van der Waals surface area (Å²) in [5.74, 6) is 3.68. The molecular formula is C17H33IN4. The molecule has 0 aromatic rings. The summed E-state index contributed by atoms with van der Waals surface area (Å²) in [4.78, 5) is 7.08. The van der Waals surface area contributed by atoms with Gasteiger partial charge in [-0.3, -0.25) is 9.89 Å². The molecule has 0 radical (unpaired) electrons. The summed E-state index contributed by atoms with van der Waals surface area (Å²) in [6.45, 7) is 6.47. The summed E-state index contributed by atoms with van der Waals surface area (Å²) in [7, 11) is 0. The Morgan fingerprint density at radius 1 is 1.27 bits per heavy atom. The van der Waals surface area contributed by atoms with E-state index >= 15 is 0 Å². The van der Waals surface area contributed by atoms with Crippen molar-refractivity contribution in [3.05, 3.63) is 0 Å². The minimum atomic E-state index is 0. The number of aliphatic imine (C=N–C) groups is 1. The molecule has 4 nitrogen and oxygen atoms in total. The zero-order chi connectivity index (χ0) is 14.7. The highest BCUT2D eigenvalue weighted by Crippen LogP contribution is 2.49. The Hall–Kier alpha value is -0.0400. The third-order valence-corrected chi connectivity index (χ3v) is 6.08. The van der Waals surface area contributed by atoms with Crippen LogP contribution < -0.4 is 11.1 Å². The molecule has 22 heavy (non-hydrogen) atoms. The average Bonchev–Trinajstić information content (AvgIpc) is 3.21. The van der Waals surface area contributed by atoms with Gasteiger partial charge in [-0.1, -0.05) is 13.3 Å². The monoisotopic (exact) mass is 420 g/mol. The molecule has 0 aromatic carbocycles. The van der Waals surface area contributed by atoms with Gasteiger partial charge in [-0.25, -0.2) is 0 Å². The third-order valence-electron chi connectivity index (χ3n) is 6.08. The summed E-state index contributed by atoms with van der Waals surface area (Å²) < 4.78 is 0. The van der Waals surface area contributed by atoms with Crippen LogP contribution in [-0.2, 0) is 0 Å². The smallest absolute Gasteiger partial charge is 0.188 e. The summed E-state index contributed by atoms with van der Waals surface area (Å²) in [6, 6.07) is 0.612. The second-order valence-electron chi connectivity index (χ2n) is 7.30. The van der Waals surface area contributed by atoms with Crippen molar-refractivity contribution in [1.82, 2.24) is 10.2 Å². The number of rotatable bonds is 6. The number of nitrogens with two attached hydrogens (primary N) is 1. The van der Waals surface area contributed by atoms with E-state index in [9.17, 15) is 0 Å². The molecule has 4 unspecified atom stereocenters. The van der Waals surface area contributed by atoms with Gasteiger partial charge in [0, 0.05) is 12.6 Å². The van der Waals surface area contributed by atoms with Gasteiger partial charge in [-0.15, -0.1) is 24.0 Å². The minimum Gasteiger partial charge on any atom is -0.370 e. The summed E-state index contributed by atoms with van der Waals surface area (Å²) in [5, 5.41) is 3.34. The van der Waals surface area contributed by atoms with Crippen molar-refractivity contribution in [2.24, 2.45) is 28.5 Å². The van der Waals surface area contributed by atoms with Gasteiger partial charge in [0.1, 0.15) is 0 Å². The normalized spacial score (nSPS) is 34.9. The maximum absolute atomic E-state index is 6.02. The SMILES string of the molecule is CCN1CCCC1CN=C(N)NCCC1CC2CCC1C2.I. The molecule has 3 aliphatic rings. The Kier molecular flexibility index (Phi) is 7.25. The number of likely N-dealkylation sites (tertiary alicyclic amines) is 1. The maximum atomic E-state index is 6.02. The van der Waals surface area contributed by atoms with Gasteiger partial charge in [-0.05, 0) is 69.4 Å². The van der Waals surface area contributed by atoms with Gasteiger partial charge in [0.25, 0.3) is 0 Å². The first-order valence-electron chi connectivity index (χ1n) is 9.04. The van der Waals surface area contributed by atoms with E-state index < -0.39 is 0 Å². The largest absolute Gasteiger partial charge is 0.370 e. The van der Waals surface area contributed by atoms with Crippen molar-refractivity contribution < 1.29 is 0 Å². The number of hydrogen-bond donors (Lipinski definition) is 2. The van der Waals surface area contributed by atoms with Gasteiger partial charge in [-0.2, -0.15) is 0 Å². The van der Waals surface area contributed by atoms with Gasteiger partial charge >= 0.3 is 0 Å². The van der Waals surface area contributed by atoms with E-state index in [0.717, 1.165) is 37.4 Å². The number of hydrogen-bond acceptors (Lipinski definition) is 2. The molecule has 1 heterocycles. The van der Waals surface area contributed by atoms with E-state index in [1.165, 1.54) is 51.5 Å². The number of nitrogens with zero attached hydrogens (tertiary/aromatic N) is 2. The van der Waals surface area contributed by atoms with E-state index in [0.29, 0.717) is 12.0 Å². The van der Waals surface area contributed by atoms with Crippen LogP contribution in [0.5, 0.6) is 0 Å². The molecule has 2 bridgehead atoms. The van der Waals surface area contributed by atoms with Crippen molar-refractivity contribution in [3.63, 3.8) is 0 Å². The second-order valence-corrected chi connectivity index (χ2v) is 7.30. The lowest BCUT2D eigenvalue weighted by Gasteiger charge is -2.22. The van der Waals surface area contributed by atoms with Crippen LogP contribution in [0.2, 0.25) is 0 Å². The first kappa shape index (κ1) is 18.3. The van der Waals surface area contributed by atoms with Gasteiger partial charge in [0.15, 0.2) is 5.96 Å². The third kappa shape index (κ3) is 4.49. The van der Waals surface area contributed by atoms with E-state index in [4.69, 9.17) is 5.73 Å². The van der Waals surface area contributed by atoms with Crippen LogP contribution in [0.1, 0.15) is 51.9 Å². The van der Waals surface area contributed by atoms with Crippen molar-refractivity contribution in [2.75, 3.05) is 26.2 Å². The van der Waals surface area contributed by atoms with E-state index in [1.807, 2.05) is 0 Å². The highest BCUT2D eigenvalue weighted by Gasteiger charge is 2.38. The number of fused-ring (bicyclic) bond motifs is 2. The number of guanidine groups is 1. The molecule has 3 rings (SSSR count). The Bertz CT molecular complexity index is 374. The molecule has 4 atom stereocenters. The number of nitrogens with one attached hydrogen (secondary N) is 1. The first-order chi connectivity index (χ1) is 10.3. The van der Waals surface area contributed by atoms with Gasteiger partial charge in [0.2, 0.25) is 0 Å². The predicted molar refractivity (Wildman–Crippen MR) is 104 cm³/mol. The van der Waals surface area contributed by atoms with E-state index in [-0.39, 0.29) is 24.0 Å². The fourth-order valence-electron chi connectivity index (χ4n) is 4.89. The Balaban J connectivity index is 0.00000176. The van der Waals surface area contributed by atoms with Crippen molar-refractivity contribution in [3.8, 4) is 0 Å². The fraction of sp³-hybridized carbons (Fsp3) is 0.941. The maximum Gasteiger partial charge on any atom is 0.188 e. The fourth-order valence-corrected chi connectivity index (χ4v) is 4.89. The van der Waals surface area contributed by atoms with Crippen LogP contribution >= 0.6 is 24.0 Å². The molecular weight excluding hydrogens is 387 g/mol. The molecule has 1 aliphatic heterocycles. The minimum absolute atomic E-state index is 0. The highest BCUT2D eigenvalue weighted by atomic mass is 127. The molecule has 0 spiro atoms. The Labute approximate surface area is 152 Å². The van der Waals surface area contributed by atoms with Crippen LogP contribution in [-0.4, -0.2) is 43.1 Å². The van der Waals surface area contributed by atoms with Crippen molar-refractivity contribution >= 4 is 29.9 Å². The molecule has 5 heteroatoms. The van der Waals surface area contributed by atoms with E-state index in [1.54, 1.807) is 0 Å². The van der Waals surface area contributed by atoms with Crippen LogP contribution in [0.15, 0.2) is 4.99 Å². The molecule has 3 N–H and O–H groups in total. The summed E-state index contributed by atoms with van der Waals surface area (Å²) >= 11 is 0. The zero-order valence-corrected chi connectivity index (χ0v) is 16.3. The second kappa shape index (κ2) is 8.71. The van der Waals surface area contributed by atoms with E-state index in [2.05, 4.69) is 22.1 Å². The van der Waals surface area contributed by atoms with Crippen LogP contribution in [0.4, 0.5) is 0 Å². The summed E-state index contributed by atoms with van der Waals surface area (Å²) in [5.41, 5.74) is 6.02. The lowest BCUT2D eigenvalue weighted by molar-refractivity contribution is 0.273. The molecule has 2 saturated carbocycles. The first-order valence-corrected chi connectivity index (χ1v) is 9.04. The Morgan fingerprint density at radius 3 is 2.82 bits per heavy atom.